The molecule has 1 unspecified atom stereocenters. The zero-order valence-corrected chi connectivity index (χ0v) is 11.3. The summed E-state index contributed by atoms with van der Waals surface area (Å²) in [4.78, 5) is 11.1. The molecule has 0 spiro atoms. The predicted molar refractivity (Wildman–Crippen MR) is 68.7 cm³/mol. The lowest BCUT2D eigenvalue weighted by Gasteiger charge is -2.17. The Morgan fingerprint density at radius 1 is 1.19 bits per heavy atom. The van der Waals surface area contributed by atoms with Crippen molar-refractivity contribution in [1.29, 1.82) is 0 Å². The van der Waals surface area contributed by atoms with Crippen molar-refractivity contribution in [3.8, 4) is 0 Å². The van der Waals surface area contributed by atoms with Gasteiger partial charge in [0.15, 0.2) is 0 Å². The second-order valence-electron chi connectivity index (χ2n) is 3.80. The van der Waals surface area contributed by atoms with Crippen LogP contribution in [0.3, 0.4) is 0 Å². The average Bonchev–Trinajstić information content (AvgIpc) is 2.29. The van der Waals surface area contributed by atoms with Crippen molar-refractivity contribution in [2.45, 2.75) is 58.7 Å². The molecule has 0 saturated heterocycles. The van der Waals surface area contributed by atoms with Gasteiger partial charge in [-0.25, -0.2) is 0 Å². The van der Waals surface area contributed by atoms with Gasteiger partial charge >= 0.3 is 5.97 Å². The van der Waals surface area contributed by atoms with Gasteiger partial charge < -0.3 is 9.47 Å². The van der Waals surface area contributed by atoms with Gasteiger partial charge in [0.2, 0.25) is 6.29 Å². The Balaban J connectivity index is 3.80. The Morgan fingerprint density at radius 2 is 1.88 bits per heavy atom. The Hall–Kier alpha value is -0.220. The lowest BCUT2D eigenvalue weighted by molar-refractivity contribution is -0.177. The summed E-state index contributed by atoms with van der Waals surface area (Å²) in [6.45, 7) is 4.91. The van der Waals surface area contributed by atoms with Crippen LogP contribution in [0.5, 0.6) is 0 Å². The minimum atomic E-state index is -0.377. The second kappa shape index (κ2) is 11.3. The van der Waals surface area contributed by atoms with E-state index >= 15 is 0 Å². The van der Waals surface area contributed by atoms with Crippen molar-refractivity contribution >= 4 is 18.6 Å². The number of esters is 1. The van der Waals surface area contributed by atoms with Crippen molar-refractivity contribution in [1.82, 2.24) is 0 Å². The number of hydrogen-bond donors (Lipinski definition) is 1. The predicted octanol–water partition coefficient (Wildman–Crippen LogP) is 3.18. The van der Waals surface area contributed by atoms with E-state index in [4.69, 9.17) is 9.47 Å². The summed E-state index contributed by atoms with van der Waals surface area (Å²) in [5, 5.41) is 0. The number of rotatable bonds is 10. The molecule has 0 fully saturated rings. The number of carbonyl (C=O) groups excluding carboxylic acids is 1. The molecule has 16 heavy (non-hydrogen) atoms. The first-order valence-electron chi connectivity index (χ1n) is 6.16. The minimum Gasteiger partial charge on any atom is -0.435 e. The fourth-order valence-corrected chi connectivity index (χ4v) is 1.35. The Bertz CT molecular complexity index is 164. The van der Waals surface area contributed by atoms with Gasteiger partial charge in [0.05, 0.1) is 12.4 Å². The van der Waals surface area contributed by atoms with Gasteiger partial charge in [-0.15, -0.1) is 0 Å². The summed E-state index contributed by atoms with van der Waals surface area (Å²) in [7, 11) is 0. The second-order valence-corrected chi connectivity index (χ2v) is 4.11. The molecule has 0 aromatic heterocycles. The minimum absolute atomic E-state index is 0.113. The summed E-state index contributed by atoms with van der Waals surface area (Å²) in [6.07, 6.45) is 5.83. The maximum Gasteiger partial charge on any atom is 0.317 e. The molecule has 0 aliphatic heterocycles. The monoisotopic (exact) mass is 248 g/mol. The summed E-state index contributed by atoms with van der Waals surface area (Å²) in [6, 6.07) is 0. The molecule has 96 valence electrons. The highest BCUT2D eigenvalue weighted by molar-refractivity contribution is 7.81. The molecule has 0 radical (unpaired) electrons. The van der Waals surface area contributed by atoms with Gasteiger partial charge in [-0.2, -0.15) is 12.6 Å². The zero-order chi connectivity index (χ0) is 12.2. The largest absolute Gasteiger partial charge is 0.435 e. The van der Waals surface area contributed by atoms with Crippen LogP contribution in [0.1, 0.15) is 52.4 Å². The van der Waals surface area contributed by atoms with Crippen LogP contribution in [0, 0.1) is 0 Å². The SMILES string of the molecule is CCCCCC(OCCCC)OC(=O)CS. The third-order valence-electron chi connectivity index (χ3n) is 2.24. The van der Waals surface area contributed by atoms with Crippen LogP contribution in [0.25, 0.3) is 0 Å². The van der Waals surface area contributed by atoms with E-state index in [1.165, 1.54) is 0 Å². The third-order valence-corrected chi connectivity index (χ3v) is 2.50. The first kappa shape index (κ1) is 15.8. The first-order chi connectivity index (χ1) is 7.74. The van der Waals surface area contributed by atoms with Crippen molar-refractivity contribution < 1.29 is 14.3 Å². The first-order valence-corrected chi connectivity index (χ1v) is 6.79. The highest BCUT2D eigenvalue weighted by atomic mass is 32.1. The van der Waals surface area contributed by atoms with E-state index < -0.39 is 0 Å². The third kappa shape index (κ3) is 9.04. The van der Waals surface area contributed by atoms with Crippen LogP contribution in [-0.4, -0.2) is 24.6 Å². The lowest BCUT2D eigenvalue weighted by Crippen LogP contribution is -2.22. The van der Waals surface area contributed by atoms with Crippen LogP contribution in [0.15, 0.2) is 0 Å². The fourth-order valence-electron chi connectivity index (χ4n) is 1.28. The fraction of sp³-hybridized carbons (Fsp3) is 0.917. The normalized spacial score (nSPS) is 12.4. The molecule has 0 aliphatic rings. The van der Waals surface area contributed by atoms with Crippen LogP contribution in [0.4, 0.5) is 0 Å². The molecular weight excluding hydrogens is 224 g/mol. The molecular formula is C12H24O3S. The van der Waals surface area contributed by atoms with Crippen LogP contribution in [-0.2, 0) is 14.3 Å². The molecule has 3 nitrogen and oxygen atoms in total. The van der Waals surface area contributed by atoms with Crippen LogP contribution < -0.4 is 0 Å². The molecule has 4 heteroatoms. The number of carbonyl (C=O) groups is 1. The van der Waals surface area contributed by atoms with E-state index in [1.807, 2.05) is 0 Å². The molecule has 0 aliphatic carbocycles. The van der Waals surface area contributed by atoms with Gasteiger partial charge in [0.1, 0.15) is 0 Å². The molecule has 0 amide bonds. The molecule has 0 aromatic carbocycles. The van der Waals surface area contributed by atoms with Crippen molar-refractivity contribution in [3.05, 3.63) is 0 Å². The smallest absolute Gasteiger partial charge is 0.317 e. The quantitative estimate of drug-likeness (QED) is 0.279. The molecule has 1 atom stereocenters. The Morgan fingerprint density at radius 3 is 2.44 bits per heavy atom. The van der Waals surface area contributed by atoms with Gasteiger partial charge in [0.25, 0.3) is 0 Å². The molecule has 0 saturated carbocycles. The topological polar surface area (TPSA) is 35.5 Å². The van der Waals surface area contributed by atoms with E-state index in [9.17, 15) is 4.79 Å². The maximum atomic E-state index is 11.1. The van der Waals surface area contributed by atoms with Crippen molar-refractivity contribution in [2.75, 3.05) is 12.4 Å². The van der Waals surface area contributed by atoms with Crippen molar-refractivity contribution in [2.24, 2.45) is 0 Å². The zero-order valence-electron chi connectivity index (χ0n) is 10.4. The lowest BCUT2D eigenvalue weighted by atomic mass is 10.2. The molecule has 0 N–H and O–H groups in total. The summed E-state index contributed by atoms with van der Waals surface area (Å²) >= 11 is 3.88. The summed E-state index contributed by atoms with van der Waals surface area (Å²) < 4.78 is 10.7. The standard InChI is InChI=1S/C12H24O3S/c1-3-5-7-8-12(14-9-6-4-2)15-11(13)10-16/h12,16H,3-10H2,1-2H3. The number of unbranched alkanes of at least 4 members (excludes halogenated alkanes) is 3. The van der Waals surface area contributed by atoms with Gasteiger partial charge in [-0.1, -0.05) is 33.1 Å². The van der Waals surface area contributed by atoms with Crippen LogP contribution >= 0.6 is 12.6 Å². The number of thiol groups is 1. The Labute approximate surface area is 104 Å². The highest BCUT2D eigenvalue weighted by Crippen LogP contribution is 2.09. The maximum absolute atomic E-state index is 11.1. The summed E-state index contributed by atoms with van der Waals surface area (Å²) in [5.74, 6) is -0.192. The Kier molecular flexibility index (Phi) is 11.1. The molecule has 0 rings (SSSR count). The highest BCUT2D eigenvalue weighted by Gasteiger charge is 2.13. The van der Waals surface area contributed by atoms with Gasteiger partial charge in [-0.3, -0.25) is 4.79 Å². The van der Waals surface area contributed by atoms with E-state index in [0.29, 0.717) is 6.61 Å². The van der Waals surface area contributed by atoms with Crippen LogP contribution in [0.2, 0.25) is 0 Å². The molecule has 0 aromatic rings. The van der Waals surface area contributed by atoms with E-state index in [2.05, 4.69) is 26.5 Å². The number of hydrogen-bond acceptors (Lipinski definition) is 4. The number of ether oxygens (including phenoxy) is 2. The van der Waals surface area contributed by atoms with Gasteiger partial charge in [-0.05, 0) is 12.8 Å². The molecule has 0 bridgehead atoms. The van der Waals surface area contributed by atoms with E-state index in [1.54, 1.807) is 0 Å². The van der Waals surface area contributed by atoms with E-state index in [-0.39, 0.29) is 18.0 Å². The van der Waals surface area contributed by atoms with Gasteiger partial charge in [0, 0.05) is 6.42 Å². The molecule has 0 heterocycles. The average molecular weight is 248 g/mol. The van der Waals surface area contributed by atoms with Crippen molar-refractivity contribution in [3.63, 3.8) is 0 Å². The van der Waals surface area contributed by atoms with E-state index in [0.717, 1.165) is 38.5 Å². The summed E-state index contributed by atoms with van der Waals surface area (Å²) in [5.41, 5.74) is 0.